The molecule has 0 bridgehead atoms. The fourth-order valence-corrected chi connectivity index (χ4v) is 4.62. The number of benzene rings is 2. The molecule has 0 spiro atoms. The van der Waals surface area contributed by atoms with Gasteiger partial charge >= 0.3 is 0 Å². The van der Waals surface area contributed by atoms with Gasteiger partial charge in [0.1, 0.15) is 0 Å². The molecular weight excluding hydrogens is 420 g/mol. The number of fused-ring (bicyclic) bond motifs is 1. The number of hydrogen-bond donors (Lipinski definition) is 0. The van der Waals surface area contributed by atoms with Crippen molar-refractivity contribution in [2.75, 3.05) is 10.7 Å². The maximum absolute atomic E-state index is 13.1. The Bertz CT molecular complexity index is 1180. The van der Waals surface area contributed by atoms with E-state index in [2.05, 4.69) is 9.97 Å². The third-order valence-electron chi connectivity index (χ3n) is 4.27. The molecule has 0 atom stereocenters. The van der Waals surface area contributed by atoms with E-state index in [1.54, 1.807) is 23.4 Å². The number of hydrogen-bond acceptors (Lipinski definition) is 7. The third kappa shape index (κ3) is 4.64. The maximum atomic E-state index is 13.1. The van der Waals surface area contributed by atoms with Crippen molar-refractivity contribution in [3.63, 3.8) is 0 Å². The number of thioether (sulfide) groups is 1. The van der Waals surface area contributed by atoms with Crippen LogP contribution in [0.25, 0.3) is 10.2 Å². The molecule has 0 aliphatic heterocycles. The van der Waals surface area contributed by atoms with Gasteiger partial charge in [-0.2, -0.15) is 0 Å². The van der Waals surface area contributed by atoms with Crippen LogP contribution in [-0.2, 0) is 11.3 Å². The van der Waals surface area contributed by atoms with Crippen LogP contribution in [0, 0.1) is 10.1 Å². The minimum atomic E-state index is -0.437. The third-order valence-corrected chi connectivity index (χ3v) is 6.31. The van der Waals surface area contributed by atoms with E-state index in [-0.39, 0.29) is 17.3 Å². The molecule has 0 aliphatic rings. The van der Waals surface area contributed by atoms with Crippen molar-refractivity contribution in [1.82, 2.24) is 9.97 Å². The summed E-state index contributed by atoms with van der Waals surface area (Å²) in [5.41, 5.74) is 1.50. The molecule has 1 amide bonds. The molecule has 9 heteroatoms. The Labute approximate surface area is 180 Å². The summed E-state index contributed by atoms with van der Waals surface area (Å²) in [5.74, 6) is 0.154. The van der Waals surface area contributed by atoms with Gasteiger partial charge in [0.05, 0.1) is 27.4 Å². The van der Waals surface area contributed by atoms with E-state index < -0.39 is 4.92 Å². The van der Waals surface area contributed by atoms with Crippen LogP contribution in [0.2, 0.25) is 0 Å². The summed E-state index contributed by atoms with van der Waals surface area (Å²) in [7, 11) is 0. The van der Waals surface area contributed by atoms with Crippen LogP contribution in [0.1, 0.15) is 5.56 Å². The van der Waals surface area contributed by atoms with E-state index in [9.17, 15) is 14.9 Å². The van der Waals surface area contributed by atoms with Crippen LogP contribution in [0.15, 0.2) is 78.0 Å². The predicted octanol–water partition coefficient (Wildman–Crippen LogP) is 4.93. The van der Waals surface area contributed by atoms with Gasteiger partial charge in [-0.25, -0.2) is 4.98 Å². The van der Waals surface area contributed by atoms with Crippen LogP contribution >= 0.6 is 23.1 Å². The van der Waals surface area contributed by atoms with Crippen LogP contribution in [0.3, 0.4) is 0 Å². The van der Waals surface area contributed by atoms with Crippen LogP contribution in [0.4, 0.5) is 10.8 Å². The largest absolute Gasteiger partial charge is 0.283 e. The SMILES string of the molecule is O=C(CSc1ccccc1)N(Cc1cccnc1)c1nc2ccc([N+](=O)[O-])cc2s1. The standard InChI is InChI=1S/C21H16N4O3S2/c26-20(14-29-17-6-2-1-3-7-17)24(13-15-5-4-10-22-12-15)21-23-18-9-8-16(25(27)28)11-19(18)30-21/h1-12H,13-14H2. The number of nitro benzene ring substituents is 1. The molecule has 2 aromatic carbocycles. The second kappa shape index (κ2) is 9.02. The van der Waals surface area contributed by atoms with Crippen molar-refractivity contribution in [2.24, 2.45) is 0 Å². The van der Waals surface area contributed by atoms with Gasteiger partial charge < -0.3 is 0 Å². The smallest absolute Gasteiger partial charge is 0.270 e. The zero-order chi connectivity index (χ0) is 20.9. The molecule has 0 radical (unpaired) electrons. The number of nitro groups is 1. The van der Waals surface area contributed by atoms with E-state index in [1.165, 1.54) is 35.2 Å². The highest BCUT2D eigenvalue weighted by Crippen LogP contribution is 2.33. The minimum Gasteiger partial charge on any atom is -0.283 e. The second-order valence-electron chi connectivity index (χ2n) is 6.35. The molecule has 0 saturated heterocycles. The summed E-state index contributed by atoms with van der Waals surface area (Å²) in [6, 6.07) is 17.9. The molecule has 30 heavy (non-hydrogen) atoms. The molecule has 0 unspecified atom stereocenters. The van der Waals surface area contributed by atoms with E-state index in [0.717, 1.165) is 10.5 Å². The van der Waals surface area contributed by atoms with Crippen molar-refractivity contribution in [2.45, 2.75) is 11.4 Å². The van der Waals surface area contributed by atoms with Gasteiger partial charge in [0.25, 0.3) is 5.69 Å². The zero-order valence-corrected chi connectivity index (χ0v) is 17.3. The Hall–Kier alpha value is -3.30. The first-order chi connectivity index (χ1) is 14.6. The number of thiazole rings is 1. The molecule has 0 aliphatic carbocycles. The van der Waals surface area contributed by atoms with Gasteiger partial charge in [-0.15, -0.1) is 11.8 Å². The molecule has 2 heterocycles. The summed E-state index contributed by atoms with van der Waals surface area (Å²) in [4.78, 5) is 35.1. The zero-order valence-electron chi connectivity index (χ0n) is 15.7. The summed E-state index contributed by atoms with van der Waals surface area (Å²) < 4.78 is 0.666. The number of rotatable bonds is 7. The molecule has 4 rings (SSSR count). The predicted molar refractivity (Wildman–Crippen MR) is 119 cm³/mol. The lowest BCUT2D eigenvalue weighted by Crippen LogP contribution is -2.31. The maximum Gasteiger partial charge on any atom is 0.270 e. The number of anilines is 1. The van der Waals surface area contributed by atoms with Crippen molar-refractivity contribution in [3.05, 3.63) is 88.7 Å². The quantitative estimate of drug-likeness (QED) is 0.232. The number of non-ortho nitro benzene ring substituents is 1. The molecule has 7 nitrogen and oxygen atoms in total. The summed E-state index contributed by atoms with van der Waals surface area (Å²) in [6.07, 6.45) is 3.39. The van der Waals surface area contributed by atoms with E-state index >= 15 is 0 Å². The molecular formula is C21H16N4O3S2. The highest BCUT2D eigenvalue weighted by molar-refractivity contribution is 8.00. The van der Waals surface area contributed by atoms with Gasteiger partial charge in [-0.3, -0.25) is 24.8 Å². The first kappa shape index (κ1) is 20.0. The summed E-state index contributed by atoms with van der Waals surface area (Å²) >= 11 is 2.72. The molecule has 0 saturated carbocycles. The van der Waals surface area contributed by atoms with Crippen LogP contribution in [0.5, 0.6) is 0 Å². The second-order valence-corrected chi connectivity index (χ2v) is 8.41. The summed E-state index contributed by atoms with van der Waals surface area (Å²) in [5, 5.41) is 11.6. The van der Waals surface area contributed by atoms with E-state index in [4.69, 9.17) is 0 Å². The number of amides is 1. The molecule has 2 aromatic heterocycles. The van der Waals surface area contributed by atoms with Crippen LogP contribution in [-0.4, -0.2) is 26.6 Å². The molecule has 0 fully saturated rings. The Morgan fingerprint density at radius 2 is 1.97 bits per heavy atom. The normalized spacial score (nSPS) is 10.8. The Balaban J connectivity index is 1.63. The van der Waals surface area contributed by atoms with Gasteiger partial charge in [0.2, 0.25) is 5.91 Å². The minimum absolute atomic E-state index is 0.00229. The first-order valence-electron chi connectivity index (χ1n) is 9.02. The number of carbonyl (C=O) groups excluding carboxylic acids is 1. The highest BCUT2D eigenvalue weighted by Gasteiger charge is 2.21. The number of pyridine rings is 1. The molecule has 150 valence electrons. The van der Waals surface area contributed by atoms with Gasteiger partial charge in [-0.1, -0.05) is 35.6 Å². The highest BCUT2D eigenvalue weighted by atomic mass is 32.2. The topological polar surface area (TPSA) is 89.2 Å². The monoisotopic (exact) mass is 436 g/mol. The van der Waals surface area contributed by atoms with Crippen molar-refractivity contribution < 1.29 is 9.72 Å². The van der Waals surface area contributed by atoms with Crippen LogP contribution < -0.4 is 4.90 Å². The van der Waals surface area contributed by atoms with E-state index in [1.807, 2.05) is 42.5 Å². The van der Waals surface area contributed by atoms with Crippen molar-refractivity contribution in [1.29, 1.82) is 0 Å². The summed E-state index contributed by atoms with van der Waals surface area (Å²) in [6.45, 7) is 0.323. The number of nitrogens with zero attached hydrogens (tertiary/aromatic N) is 4. The van der Waals surface area contributed by atoms with Gasteiger partial charge in [0.15, 0.2) is 5.13 Å². The Morgan fingerprint density at radius 1 is 1.13 bits per heavy atom. The van der Waals surface area contributed by atoms with E-state index in [0.29, 0.717) is 21.9 Å². The fourth-order valence-electron chi connectivity index (χ4n) is 2.81. The number of carbonyl (C=O) groups is 1. The average Bonchev–Trinajstić information content (AvgIpc) is 3.20. The first-order valence-corrected chi connectivity index (χ1v) is 10.8. The molecule has 4 aromatic rings. The average molecular weight is 437 g/mol. The van der Waals surface area contributed by atoms with Gasteiger partial charge in [-0.05, 0) is 29.8 Å². The van der Waals surface area contributed by atoms with Gasteiger partial charge in [0, 0.05) is 29.4 Å². The lowest BCUT2D eigenvalue weighted by atomic mass is 10.2. The number of aromatic nitrogens is 2. The van der Waals surface area contributed by atoms with Crippen molar-refractivity contribution >= 4 is 50.0 Å². The lowest BCUT2D eigenvalue weighted by molar-refractivity contribution is -0.384. The Kier molecular flexibility index (Phi) is 6.01. The Morgan fingerprint density at radius 3 is 2.70 bits per heavy atom. The van der Waals surface area contributed by atoms with Crippen molar-refractivity contribution in [3.8, 4) is 0 Å². The molecule has 0 N–H and O–H groups in total. The fraction of sp³-hybridized carbons (Fsp3) is 0.0952. The lowest BCUT2D eigenvalue weighted by Gasteiger charge is -2.19.